The fraction of sp³-hybridized carbons (Fsp3) is 0.529. The predicted octanol–water partition coefficient (Wildman–Crippen LogP) is 3.38. The number of nitrogens with one attached hydrogen (secondary N) is 1. The minimum absolute atomic E-state index is 0.0588. The van der Waals surface area contributed by atoms with Gasteiger partial charge in [0.15, 0.2) is 0 Å². The van der Waals surface area contributed by atoms with E-state index < -0.39 is 6.04 Å². The maximum Gasteiger partial charge on any atom is 0.242 e. The number of benzene rings is 1. The van der Waals surface area contributed by atoms with Crippen LogP contribution in [0.15, 0.2) is 24.3 Å². The number of nitrogens with zero attached hydrogens (tertiary/aromatic N) is 1. The molecule has 122 valence electrons. The molecular formula is C17H25ClN2O2. The van der Waals surface area contributed by atoms with E-state index in [-0.39, 0.29) is 17.4 Å². The Labute approximate surface area is 137 Å². The zero-order chi connectivity index (χ0) is 16.9. The number of hydrogen-bond acceptors (Lipinski definition) is 2. The minimum Gasteiger partial charge on any atom is -0.350 e. The summed E-state index contributed by atoms with van der Waals surface area (Å²) in [5, 5.41) is 3.54. The number of hydrogen-bond donors (Lipinski definition) is 1. The number of halogens is 1. The summed E-state index contributed by atoms with van der Waals surface area (Å²) < 4.78 is 0. The summed E-state index contributed by atoms with van der Waals surface area (Å²) in [7, 11) is 0. The number of amides is 2. The van der Waals surface area contributed by atoms with Crippen molar-refractivity contribution in [1.29, 1.82) is 0 Å². The van der Waals surface area contributed by atoms with Gasteiger partial charge in [-0.05, 0) is 45.4 Å². The highest BCUT2D eigenvalue weighted by Crippen LogP contribution is 2.15. The molecule has 0 aliphatic heterocycles. The van der Waals surface area contributed by atoms with E-state index in [0.29, 0.717) is 18.0 Å². The highest BCUT2D eigenvalue weighted by Gasteiger charge is 2.27. The molecule has 1 aromatic carbocycles. The average molecular weight is 325 g/mol. The van der Waals surface area contributed by atoms with Gasteiger partial charge in [-0.15, -0.1) is 0 Å². The second-order valence-corrected chi connectivity index (χ2v) is 6.86. The van der Waals surface area contributed by atoms with E-state index >= 15 is 0 Å². The fourth-order valence-electron chi connectivity index (χ4n) is 2.09. The lowest BCUT2D eigenvalue weighted by atomic mass is 10.1. The van der Waals surface area contributed by atoms with E-state index in [1.54, 1.807) is 24.8 Å². The monoisotopic (exact) mass is 324 g/mol. The van der Waals surface area contributed by atoms with Gasteiger partial charge in [0.25, 0.3) is 0 Å². The van der Waals surface area contributed by atoms with Crippen molar-refractivity contribution in [2.24, 2.45) is 0 Å². The van der Waals surface area contributed by atoms with Crippen molar-refractivity contribution in [3.05, 3.63) is 34.9 Å². The Morgan fingerprint density at radius 2 is 1.95 bits per heavy atom. The molecule has 0 radical (unpaired) electrons. The SMILES string of the molecule is CCC(=O)N(Cc1cccc(Cl)c1)C(C)C(=O)NC(C)(C)C. The maximum absolute atomic E-state index is 12.3. The number of carbonyl (C=O) groups is 2. The van der Waals surface area contributed by atoms with Crippen LogP contribution in [0.4, 0.5) is 0 Å². The van der Waals surface area contributed by atoms with Crippen molar-refractivity contribution in [3.63, 3.8) is 0 Å². The maximum atomic E-state index is 12.3. The smallest absolute Gasteiger partial charge is 0.242 e. The third-order valence-corrected chi connectivity index (χ3v) is 3.44. The van der Waals surface area contributed by atoms with E-state index in [0.717, 1.165) is 5.56 Å². The van der Waals surface area contributed by atoms with Crippen LogP contribution in [0.3, 0.4) is 0 Å². The lowest BCUT2D eigenvalue weighted by Crippen LogP contribution is -2.52. The Kier molecular flexibility index (Phi) is 6.42. The van der Waals surface area contributed by atoms with Crippen LogP contribution in [-0.2, 0) is 16.1 Å². The molecule has 0 saturated heterocycles. The molecule has 4 nitrogen and oxygen atoms in total. The molecule has 2 amide bonds. The Bertz CT molecular complexity index is 538. The van der Waals surface area contributed by atoms with Gasteiger partial charge < -0.3 is 10.2 Å². The molecular weight excluding hydrogens is 300 g/mol. The van der Waals surface area contributed by atoms with Crippen LogP contribution in [0.25, 0.3) is 0 Å². The molecule has 1 aromatic rings. The van der Waals surface area contributed by atoms with Crippen molar-refractivity contribution in [2.45, 2.75) is 59.2 Å². The van der Waals surface area contributed by atoms with Crippen LogP contribution in [0.2, 0.25) is 5.02 Å². The molecule has 0 heterocycles. The molecule has 1 N–H and O–H groups in total. The largest absolute Gasteiger partial charge is 0.350 e. The minimum atomic E-state index is -0.536. The van der Waals surface area contributed by atoms with Gasteiger partial charge in [-0.25, -0.2) is 0 Å². The summed E-state index contributed by atoms with van der Waals surface area (Å²) in [4.78, 5) is 26.2. The van der Waals surface area contributed by atoms with Crippen LogP contribution in [0.1, 0.15) is 46.6 Å². The van der Waals surface area contributed by atoms with Gasteiger partial charge in [0.1, 0.15) is 6.04 Å². The number of rotatable bonds is 5. The average Bonchev–Trinajstić information content (AvgIpc) is 2.41. The zero-order valence-electron chi connectivity index (χ0n) is 13.9. The van der Waals surface area contributed by atoms with Crippen molar-refractivity contribution in [3.8, 4) is 0 Å². The summed E-state index contributed by atoms with van der Waals surface area (Å²) in [5.74, 6) is -0.215. The summed E-state index contributed by atoms with van der Waals surface area (Å²) in [6.45, 7) is 9.66. The first kappa shape index (κ1) is 18.5. The molecule has 0 bridgehead atoms. The first-order valence-electron chi connectivity index (χ1n) is 7.50. The summed E-state index contributed by atoms with van der Waals surface area (Å²) in [6.07, 6.45) is 0.355. The third kappa shape index (κ3) is 5.68. The van der Waals surface area contributed by atoms with E-state index in [2.05, 4.69) is 5.32 Å². The van der Waals surface area contributed by atoms with Crippen molar-refractivity contribution < 1.29 is 9.59 Å². The predicted molar refractivity (Wildman–Crippen MR) is 89.7 cm³/mol. The van der Waals surface area contributed by atoms with E-state index in [1.165, 1.54) is 0 Å². The van der Waals surface area contributed by atoms with Gasteiger partial charge in [0.05, 0.1) is 0 Å². The van der Waals surface area contributed by atoms with Crippen LogP contribution in [0, 0.1) is 0 Å². The molecule has 5 heteroatoms. The van der Waals surface area contributed by atoms with Crippen molar-refractivity contribution >= 4 is 23.4 Å². The molecule has 0 saturated carbocycles. The first-order chi connectivity index (χ1) is 10.1. The lowest BCUT2D eigenvalue weighted by molar-refractivity contribution is -0.141. The Morgan fingerprint density at radius 1 is 1.32 bits per heavy atom. The highest BCUT2D eigenvalue weighted by atomic mass is 35.5. The molecule has 22 heavy (non-hydrogen) atoms. The molecule has 0 fully saturated rings. The van der Waals surface area contributed by atoms with Crippen molar-refractivity contribution in [1.82, 2.24) is 10.2 Å². The lowest BCUT2D eigenvalue weighted by Gasteiger charge is -2.31. The van der Waals surface area contributed by atoms with E-state index in [9.17, 15) is 9.59 Å². The molecule has 1 unspecified atom stereocenters. The fourth-order valence-corrected chi connectivity index (χ4v) is 2.30. The second kappa shape index (κ2) is 7.63. The van der Waals surface area contributed by atoms with E-state index in [4.69, 9.17) is 11.6 Å². The number of carbonyl (C=O) groups excluding carboxylic acids is 2. The van der Waals surface area contributed by atoms with E-state index in [1.807, 2.05) is 39.0 Å². The van der Waals surface area contributed by atoms with Gasteiger partial charge in [-0.1, -0.05) is 30.7 Å². The van der Waals surface area contributed by atoms with Gasteiger partial charge in [0, 0.05) is 23.5 Å². The standard InChI is InChI=1S/C17H25ClN2O2/c1-6-15(21)20(11-13-8-7-9-14(18)10-13)12(2)16(22)19-17(3,4)5/h7-10,12H,6,11H2,1-5H3,(H,19,22). The van der Waals surface area contributed by atoms with Crippen LogP contribution >= 0.6 is 11.6 Å². The topological polar surface area (TPSA) is 49.4 Å². The second-order valence-electron chi connectivity index (χ2n) is 6.42. The van der Waals surface area contributed by atoms with Crippen LogP contribution < -0.4 is 5.32 Å². The Morgan fingerprint density at radius 3 is 2.45 bits per heavy atom. The summed E-state index contributed by atoms with van der Waals surface area (Å²) in [6, 6.07) is 6.80. The third-order valence-electron chi connectivity index (χ3n) is 3.21. The van der Waals surface area contributed by atoms with Gasteiger partial charge >= 0.3 is 0 Å². The zero-order valence-corrected chi connectivity index (χ0v) is 14.7. The van der Waals surface area contributed by atoms with Crippen molar-refractivity contribution in [2.75, 3.05) is 0 Å². The highest BCUT2D eigenvalue weighted by molar-refractivity contribution is 6.30. The van der Waals surface area contributed by atoms with Gasteiger partial charge in [-0.3, -0.25) is 9.59 Å². The molecule has 0 aliphatic rings. The molecule has 1 rings (SSSR count). The summed E-state index contributed by atoms with van der Waals surface area (Å²) >= 11 is 5.99. The summed E-state index contributed by atoms with van der Waals surface area (Å²) in [5.41, 5.74) is 0.576. The normalized spacial score (nSPS) is 12.6. The van der Waals surface area contributed by atoms with Gasteiger partial charge in [0.2, 0.25) is 11.8 Å². The molecule has 0 aromatic heterocycles. The van der Waals surface area contributed by atoms with Crippen LogP contribution in [0.5, 0.6) is 0 Å². The Balaban J connectivity index is 2.93. The quantitative estimate of drug-likeness (QED) is 0.902. The van der Waals surface area contributed by atoms with Crippen LogP contribution in [-0.4, -0.2) is 28.3 Å². The first-order valence-corrected chi connectivity index (χ1v) is 7.87. The Hall–Kier alpha value is -1.55. The molecule has 0 aliphatic carbocycles. The molecule has 0 spiro atoms. The van der Waals surface area contributed by atoms with Gasteiger partial charge in [-0.2, -0.15) is 0 Å². The molecule has 1 atom stereocenters.